The zero-order valence-corrected chi connectivity index (χ0v) is 8.90. The molecule has 0 saturated carbocycles. The van der Waals surface area contributed by atoms with Crippen LogP contribution in [-0.4, -0.2) is 15.1 Å². The Balaban J connectivity index is 2.23. The van der Waals surface area contributed by atoms with Crippen LogP contribution >= 0.6 is 0 Å². The molecule has 0 fully saturated rings. The topological polar surface area (TPSA) is 51.8 Å². The van der Waals surface area contributed by atoms with Crippen molar-refractivity contribution in [3.63, 3.8) is 0 Å². The molecule has 0 radical (unpaired) electrons. The van der Waals surface area contributed by atoms with Crippen molar-refractivity contribution in [2.45, 2.75) is 26.7 Å². The molecule has 0 saturated heterocycles. The summed E-state index contributed by atoms with van der Waals surface area (Å²) in [5.41, 5.74) is 1.97. The standard InChI is InChI=1S/C11H13N3O/c1-3-4-10-6-5-9(7-12-10)11-13-8(2)14-15-11/h5-7H,3-4H2,1-2H3. The molecular weight excluding hydrogens is 190 g/mol. The van der Waals surface area contributed by atoms with Gasteiger partial charge in [0.15, 0.2) is 5.82 Å². The van der Waals surface area contributed by atoms with Gasteiger partial charge in [0.05, 0.1) is 5.56 Å². The summed E-state index contributed by atoms with van der Waals surface area (Å²) in [5, 5.41) is 3.74. The largest absolute Gasteiger partial charge is 0.334 e. The lowest BCUT2D eigenvalue weighted by atomic mass is 10.2. The second-order valence-corrected chi connectivity index (χ2v) is 3.43. The monoisotopic (exact) mass is 203 g/mol. The first-order valence-electron chi connectivity index (χ1n) is 5.05. The van der Waals surface area contributed by atoms with E-state index >= 15 is 0 Å². The van der Waals surface area contributed by atoms with Crippen LogP contribution in [-0.2, 0) is 6.42 Å². The van der Waals surface area contributed by atoms with Gasteiger partial charge in [0.2, 0.25) is 0 Å². The quantitative estimate of drug-likeness (QED) is 0.768. The summed E-state index contributed by atoms with van der Waals surface area (Å²) in [4.78, 5) is 8.47. The molecule has 0 aliphatic rings. The molecule has 2 aromatic heterocycles. The fourth-order valence-corrected chi connectivity index (χ4v) is 1.37. The molecule has 4 heteroatoms. The van der Waals surface area contributed by atoms with E-state index in [9.17, 15) is 0 Å². The number of aryl methyl sites for hydroxylation is 2. The molecule has 0 aromatic carbocycles. The zero-order valence-electron chi connectivity index (χ0n) is 8.90. The number of aromatic nitrogens is 3. The summed E-state index contributed by atoms with van der Waals surface area (Å²) in [7, 11) is 0. The van der Waals surface area contributed by atoms with Gasteiger partial charge in [0.25, 0.3) is 5.89 Å². The first-order valence-corrected chi connectivity index (χ1v) is 5.05. The van der Waals surface area contributed by atoms with E-state index in [-0.39, 0.29) is 0 Å². The molecule has 78 valence electrons. The molecule has 0 N–H and O–H groups in total. The summed E-state index contributed by atoms with van der Waals surface area (Å²) in [6, 6.07) is 3.96. The van der Waals surface area contributed by atoms with Crippen molar-refractivity contribution in [3.8, 4) is 11.5 Å². The van der Waals surface area contributed by atoms with Gasteiger partial charge in [-0.25, -0.2) is 0 Å². The molecule has 0 aliphatic heterocycles. The third kappa shape index (κ3) is 2.21. The second-order valence-electron chi connectivity index (χ2n) is 3.43. The molecular formula is C11H13N3O. The van der Waals surface area contributed by atoms with Gasteiger partial charge in [0, 0.05) is 11.9 Å². The third-order valence-corrected chi connectivity index (χ3v) is 2.11. The number of rotatable bonds is 3. The summed E-state index contributed by atoms with van der Waals surface area (Å²) in [5.74, 6) is 1.17. The lowest BCUT2D eigenvalue weighted by Crippen LogP contribution is -1.88. The summed E-state index contributed by atoms with van der Waals surface area (Å²) >= 11 is 0. The van der Waals surface area contributed by atoms with Crippen LogP contribution in [0.25, 0.3) is 11.5 Å². The van der Waals surface area contributed by atoms with Crippen LogP contribution < -0.4 is 0 Å². The molecule has 15 heavy (non-hydrogen) atoms. The van der Waals surface area contributed by atoms with Crippen molar-refractivity contribution in [3.05, 3.63) is 29.8 Å². The van der Waals surface area contributed by atoms with E-state index in [1.54, 1.807) is 13.1 Å². The van der Waals surface area contributed by atoms with Crippen LogP contribution in [0, 0.1) is 6.92 Å². The first kappa shape index (κ1) is 9.83. The Morgan fingerprint density at radius 2 is 2.20 bits per heavy atom. The Morgan fingerprint density at radius 3 is 2.73 bits per heavy atom. The highest BCUT2D eigenvalue weighted by atomic mass is 16.5. The van der Waals surface area contributed by atoms with Crippen molar-refractivity contribution < 1.29 is 4.52 Å². The molecule has 2 heterocycles. The van der Waals surface area contributed by atoms with Crippen LogP contribution in [0.4, 0.5) is 0 Å². The highest BCUT2D eigenvalue weighted by molar-refractivity contribution is 5.50. The van der Waals surface area contributed by atoms with Gasteiger partial charge in [0.1, 0.15) is 0 Å². The van der Waals surface area contributed by atoms with Crippen LogP contribution in [0.3, 0.4) is 0 Å². The highest BCUT2D eigenvalue weighted by Gasteiger charge is 2.05. The maximum absolute atomic E-state index is 5.05. The highest BCUT2D eigenvalue weighted by Crippen LogP contribution is 2.16. The van der Waals surface area contributed by atoms with E-state index in [0.717, 1.165) is 24.1 Å². The smallest absolute Gasteiger partial charge is 0.259 e. The predicted octanol–water partition coefficient (Wildman–Crippen LogP) is 2.39. The van der Waals surface area contributed by atoms with Gasteiger partial charge >= 0.3 is 0 Å². The average Bonchev–Trinajstić information content (AvgIpc) is 2.67. The zero-order chi connectivity index (χ0) is 10.7. The van der Waals surface area contributed by atoms with Gasteiger partial charge in [-0.2, -0.15) is 4.98 Å². The van der Waals surface area contributed by atoms with Crippen molar-refractivity contribution in [2.24, 2.45) is 0 Å². The number of pyridine rings is 1. The van der Waals surface area contributed by atoms with Crippen molar-refractivity contribution in [1.29, 1.82) is 0 Å². The molecule has 2 rings (SSSR count). The van der Waals surface area contributed by atoms with Gasteiger partial charge < -0.3 is 4.52 Å². The average molecular weight is 203 g/mol. The minimum atomic E-state index is 0.531. The molecule has 0 spiro atoms. The Labute approximate surface area is 88.4 Å². The Morgan fingerprint density at radius 1 is 1.33 bits per heavy atom. The Hall–Kier alpha value is -1.71. The van der Waals surface area contributed by atoms with E-state index in [0.29, 0.717) is 11.7 Å². The third-order valence-electron chi connectivity index (χ3n) is 2.11. The molecule has 2 aromatic rings. The number of hydrogen-bond acceptors (Lipinski definition) is 4. The van der Waals surface area contributed by atoms with E-state index in [4.69, 9.17) is 4.52 Å². The minimum absolute atomic E-state index is 0.531. The summed E-state index contributed by atoms with van der Waals surface area (Å²) < 4.78 is 5.05. The predicted molar refractivity (Wildman–Crippen MR) is 56.3 cm³/mol. The van der Waals surface area contributed by atoms with Crippen molar-refractivity contribution in [2.75, 3.05) is 0 Å². The minimum Gasteiger partial charge on any atom is -0.334 e. The lowest BCUT2D eigenvalue weighted by molar-refractivity contribution is 0.425. The Bertz CT molecular complexity index is 433. The van der Waals surface area contributed by atoms with Gasteiger partial charge in [-0.05, 0) is 25.5 Å². The molecule has 0 bridgehead atoms. The van der Waals surface area contributed by atoms with Crippen LogP contribution in [0.5, 0.6) is 0 Å². The molecule has 0 amide bonds. The van der Waals surface area contributed by atoms with E-state index < -0.39 is 0 Å². The van der Waals surface area contributed by atoms with Crippen LogP contribution in [0.2, 0.25) is 0 Å². The fourth-order valence-electron chi connectivity index (χ4n) is 1.37. The normalized spacial score (nSPS) is 10.5. The van der Waals surface area contributed by atoms with Crippen LogP contribution in [0.1, 0.15) is 24.9 Å². The van der Waals surface area contributed by atoms with Crippen molar-refractivity contribution >= 4 is 0 Å². The second kappa shape index (κ2) is 4.21. The molecule has 0 unspecified atom stereocenters. The Kier molecular flexibility index (Phi) is 2.76. The SMILES string of the molecule is CCCc1ccc(-c2nc(C)no2)cn1. The van der Waals surface area contributed by atoms with Gasteiger partial charge in [-0.3, -0.25) is 4.98 Å². The van der Waals surface area contributed by atoms with E-state index in [1.165, 1.54) is 0 Å². The van der Waals surface area contributed by atoms with Gasteiger partial charge in [-0.15, -0.1) is 0 Å². The molecule has 4 nitrogen and oxygen atoms in total. The van der Waals surface area contributed by atoms with Crippen molar-refractivity contribution in [1.82, 2.24) is 15.1 Å². The molecule has 0 atom stereocenters. The first-order chi connectivity index (χ1) is 7.29. The maximum Gasteiger partial charge on any atom is 0.259 e. The lowest BCUT2D eigenvalue weighted by Gasteiger charge is -1.97. The number of hydrogen-bond donors (Lipinski definition) is 0. The fraction of sp³-hybridized carbons (Fsp3) is 0.364. The summed E-state index contributed by atoms with van der Waals surface area (Å²) in [6.45, 7) is 3.93. The summed E-state index contributed by atoms with van der Waals surface area (Å²) in [6.07, 6.45) is 3.88. The van der Waals surface area contributed by atoms with Crippen LogP contribution in [0.15, 0.2) is 22.9 Å². The number of nitrogens with zero attached hydrogens (tertiary/aromatic N) is 3. The molecule has 0 aliphatic carbocycles. The maximum atomic E-state index is 5.05. The van der Waals surface area contributed by atoms with E-state index in [2.05, 4.69) is 22.0 Å². The van der Waals surface area contributed by atoms with E-state index in [1.807, 2.05) is 12.1 Å². The van der Waals surface area contributed by atoms with Gasteiger partial charge in [-0.1, -0.05) is 18.5 Å².